The van der Waals surface area contributed by atoms with Crippen molar-refractivity contribution < 1.29 is 23.8 Å². The standard InChI is InChI=1S/C17H15ClFN5O4/c18-13-7-11(19)1-2-15(13)28-10-24-9-12(8-20-24)21-17(27)14-3-5-23(22-14)6-4-16(25)26/h1-3,5,7-9H,4,6,10H2,(H,21,27)(H,25,26). The van der Waals surface area contributed by atoms with E-state index in [1.165, 1.54) is 46.2 Å². The third kappa shape index (κ3) is 5.07. The van der Waals surface area contributed by atoms with Crippen LogP contribution in [0.1, 0.15) is 16.9 Å². The van der Waals surface area contributed by atoms with Gasteiger partial charge in [-0.05, 0) is 24.3 Å². The molecular formula is C17H15ClFN5O4. The predicted molar refractivity (Wildman–Crippen MR) is 96.7 cm³/mol. The highest BCUT2D eigenvalue weighted by Gasteiger charge is 2.12. The number of rotatable bonds is 8. The summed E-state index contributed by atoms with van der Waals surface area (Å²) in [5, 5.41) is 19.5. The molecule has 0 aliphatic rings. The number of carbonyl (C=O) groups excluding carboxylic acids is 1. The first-order valence-electron chi connectivity index (χ1n) is 8.07. The number of amides is 1. The van der Waals surface area contributed by atoms with Gasteiger partial charge in [-0.15, -0.1) is 0 Å². The fourth-order valence-corrected chi connectivity index (χ4v) is 2.46. The van der Waals surface area contributed by atoms with Gasteiger partial charge in [-0.25, -0.2) is 9.07 Å². The van der Waals surface area contributed by atoms with Crippen LogP contribution in [0.2, 0.25) is 5.02 Å². The number of halogens is 2. The van der Waals surface area contributed by atoms with Gasteiger partial charge in [-0.1, -0.05) is 11.6 Å². The predicted octanol–water partition coefficient (Wildman–Crippen LogP) is 2.64. The first-order valence-corrected chi connectivity index (χ1v) is 8.45. The third-order valence-corrected chi connectivity index (χ3v) is 3.86. The van der Waals surface area contributed by atoms with Gasteiger partial charge in [0.05, 0.1) is 36.1 Å². The lowest BCUT2D eigenvalue weighted by Crippen LogP contribution is -2.13. The lowest BCUT2D eigenvalue weighted by molar-refractivity contribution is -0.137. The molecule has 9 nitrogen and oxygen atoms in total. The molecule has 0 unspecified atom stereocenters. The average molecular weight is 408 g/mol. The summed E-state index contributed by atoms with van der Waals surface area (Å²) in [6.45, 7) is 0.175. The van der Waals surface area contributed by atoms with Crippen LogP contribution in [0.5, 0.6) is 5.75 Å². The van der Waals surface area contributed by atoms with Gasteiger partial charge in [-0.2, -0.15) is 10.2 Å². The van der Waals surface area contributed by atoms with E-state index in [9.17, 15) is 14.0 Å². The summed E-state index contributed by atoms with van der Waals surface area (Å²) in [7, 11) is 0. The van der Waals surface area contributed by atoms with E-state index in [2.05, 4.69) is 15.5 Å². The number of aromatic nitrogens is 4. The second kappa shape index (κ2) is 8.53. The van der Waals surface area contributed by atoms with Crippen molar-refractivity contribution in [3.8, 4) is 5.75 Å². The van der Waals surface area contributed by atoms with Crippen molar-refractivity contribution >= 4 is 29.2 Å². The van der Waals surface area contributed by atoms with Crippen molar-refractivity contribution in [2.75, 3.05) is 5.32 Å². The van der Waals surface area contributed by atoms with E-state index in [4.69, 9.17) is 21.4 Å². The smallest absolute Gasteiger partial charge is 0.305 e. The molecule has 2 N–H and O–H groups in total. The van der Waals surface area contributed by atoms with Crippen molar-refractivity contribution in [2.24, 2.45) is 0 Å². The molecule has 0 saturated heterocycles. The number of hydrogen-bond donors (Lipinski definition) is 2. The number of anilines is 1. The van der Waals surface area contributed by atoms with Crippen LogP contribution in [0.4, 0.5) is 10.1 Å². The van der Waals surface area contributed by atoms with Gasteiger partial charge in [0.25, 0.3) is 5.91 Å². The molecule has 0 saturated carbocycles. The van der Waals surface area contributed by atoms with Gasteiger partial charge in [0.1, 0.15) is 11.6 Å². The average Bonchev–Trinajstić information content (AvgIpc) is 3.28. The zero-order valence-corrected chi connectivity index (χ0v) is 15.1. The number of nitrogens with one attached hydrogen (secondary N) is 1. The van der Waals surface area contributed by atoms with Crippen LogP contribution in [0, 0.1) is 5.82 Å². The molecular weight excluding hydrogens is 393 g/mol. The van der Waals surface area contributed by atoms with Crippen LogP contribution in [0.3, 0.4) is 0 Å². The fraction of sp³-hybridized carbons (Fsp3) is 0.176. The largest absolute Gasteiger partial charge is 0.481 e. The zero-order chi connectivity index (χ0) is 20.1. The number of ether oxygens (including phenoxy) is 1. The molecule has 0 aliphatic heterocycles. The maximum atomic E-state index is 13.0. The van der Waals surface area contributed by atoms with E-state index in [0.717, 1.165) is 6.07 Å². The third-order valence-electron chi connectivity index (χ3n) is 3.57. The monoisotopic (exact) mass is 407 g/mol. The summed E-state index contributed by atoms with van der Waals surface area (Å²) in [6.07, 6.45) is 4.40. The minimum Gasteiger partial charge on any atom is -0.481 e. The molecule has 3 rings (SSSR count). The van der Waals surface area contributed by atoms with Crippen molar-refractivity contribution in [3.05, 3.63) is 59.4 Å². The summed E-state index contributed by atoms with van der Waals surface area (Å²) < 4.78 is 21.3. The molecule has 28 heavy (non-hydrogen) atoms. The van der Waals surface area contributed by atoms with Gasteiger partial charge >= 0.3 is 5.97 Å². The van der Waals surface area contributed by atoms with Gasteiger partial charge in [0.2, 0.25) is 0 Å². The Kier molecular flexibility index (Phi) is 5.90. The quantitative estimate of drug-likeness (QED) is 0.593. The van der Waals surface area contributed by atoms with Gasteiger partial charge < -0.3 is 15.2 Å². The Morgan fingerprint density at radius 3 is 2.86 bits per heavy atom. The number of aliphatic carboxylic acids is 1. The lowest BCUT2D eigenvalue weighted by atomic mass is 10.3. The normalized spacial score (nSPS) is 10.6. The Labute approximate surface area is 163 Å². The molecule has 11 heteroatoms. The van der Waals surface area contributed by atoms with Crippen molar-refractivity contribution in [1.82, 2.24) is 19.6 Å². The van der Waals surface area contributed by atoms with E-state index in [0.29, 0.717) is 11.4 Å². The van der Waals surface area contributed by atoms with Crippen LogP contribution in [0.15, 0.2) is 42.9 Å². The lowest BCUT2D eigenvalue weighted by Gasteiger charge is -2.07. The summed E-state index contributed by atoms with van der Waals surface area (Å²) in [5.41, 5.74) is 0.561. The molecule has 146 valence electrons. The molecule has 0 radical (unpaired) electrons. The number of carboxylic acids is 1. The van der Waals surface area contributed by atoms with E-state index in [1.54, 1.807) is 0 Å². The van der Waals surface area contributed by atoms with Crippen LogP contribution >= 0.6 is 11.6 Å². The minimum atomic E-state index is -0.946. The Balaban J connectivity index is 1.55. The van der Waals surface area contributed by atoms with E-state index in [-0.39, 0.29) is 30.4 Å². The van der Waals surface area contributed by atoms with E-state index >= 15 is 0 Å². The highest BCUT2D eigenvalue weighted by Crippen LogP contribution is 2.25. The highest BCUT2D eigenvalue weighted by molar-refractivity contribution is 6.32. The molecule has 1 aromatic carbocycles. The molecule has 3 aromatic rings. The highest BCUT2D eigenvalue weighted by atomic mass is 35.5. The molecule has 0 spiro atoms. The van der Waals surface area contributed by atoms with Crippen molar-refractivity contribution in [1.29, 1.82) is 0 Å². The van der Waals surface area contributed by atoms with Crippen LogP contribution in [-0.2, 0) is 18.1 Å². The molecule has 0 bridgehead atoms. The number of carboxylic acid groups (broad SMARTS) is 1. The van der Waals surface area contributed by atoms with Gasteiger partial charge in [0, 0.05) is 6.20 Å². The topological polar surface area (TPSA) is 111 Å². The van der Waals surface area contributed by atoms with Crippen LogP contribution in [0.25, 0.3) is 0 Å². The molecule has 0 fully saturated rings. The van der Waals surface area contributed by atoms with Gasteiger partial charge in [-0.3, -0.25) is 14.3 Å². The molecule has 0 aliphatic carbocycles. The minimum absolute atomic E-state index is 0.00500. The SMILES string of the molecule is O=C(O)CCn1ccc(C(=O)Nc2cnn(COc3ccc(F)cc3Cl)c2)n1. The maximum absolute atomic E-state index is 13.0. The van der Waals surface area contributed by atoms with E-state index < -0.39 is 17.7 Å². The molecule has 0 atom stereocenters. The number of hydrogen-bond acceptors (Lipinski definition) is 5. The van der Waals surface area contributed by atoms with Crippen molar-refractivity contribution in [2.45, 2.75) is 19.7 Å². The molecule has 2 aromatic heterocycles. The second-order valence-electron chi connectivity index (χ2n) is 5.68. The fourth-order valence-electron chi connectivity index (χ4n) is 2.24. The zero-order valence-electron chi connectivity index (χ0n) is 14.4. The van der Waals surface area contributed by atoms with Crippen LogP contribution < -0.4 is 10.1 Å². The summed E-state index contributed by atoms with van der Waals surface area (Å²) >= 11 is 5.89. The maximum Gasteiger partial charge on any atom is 0.305 e. The van der Waals surface area contributed by atoms with Crippen LogP contribution in [-0.4, -0.2) is 36.5 Å². The number of nitrogens with zero attached hydrogens (tertiary/aromatic N) is 4. The Morgan fingerprint density at radius 1 is 1.29 bits per heavy atom. The van der Waals surface area contributed by atoms with Crippen molar-refractivity contribution in [3.63, 3.8) is 0 Å². The Morgan fingerprint density at radius 2 is 2.11 bits per heavy atom. The number of benzene rings is 1. The first kappa shape index (κ1) is 19.4. The summed E-state index contributed by atoms with van der Waals surface area (Å²) in [5.74, 6) is -1.57. The summed E-state index contributed by atoms with van der Waals surface area (Å²) in [4.78, 5) is 22.8. The van der Waals surface area contributed by atoms with E-state index in [1.807, 2.05) is 0 Å². The summed E-state index contributed by atoms with van der Waals surface area (Å²) in [6, 6.07) is 5.26. The number of carbonyl (C=O) groups is 2. The Hall–Kier alpha value is -3.40. The molecule has 2 heterocycles. The molecule has 1 amide bonds. The Bertz CT molecular complexity index is 1000. The van der Waals surface area contributed by atoms with Gasteiger partial charge in [0.15, 0.2) is 12.4 Å². The first-order chi connectivity index (χ1) is 13.4. The second-order valence-corrected chi connectivity index (χ2v) is 6.09. The number of aryl methyl sites for hydroxylation is 1.